The predicted molar refractivity (Wildman–Crippen MR) is 65.0 cm³/mol. The molecule has 0 aliphatic heterocycles. The SMILES string of the molecule is CCCCCNCC1(O)CCC(C)CC1. The smallest absolute Gasteiger partial charge is 0.0771 e. The van der Waals surface area contributed by atoms with Crippen molar-refractivity contribution in [2.45, 2.75) is 64.4 Å². The van der Waals surface area contributed by atoms with Crippen LogP contribution in [0.3, 0.4) is 0 Å². The van der Waals surface area contributed by atoms with Crippen LogP contribution in [0.2, 0.25) is 0 Å². The van der Waals surface area contributed by atoms with E-state index in [0.717, 1.165) is 31.8 Å². The Kier molecular flexibility index (Phi) is 5.62. The van der Waals surface area contributed by atoms with Crippen LogP contribution in [0, 0.1) is 5.92 Å². The van der Waals surface area contributed by atoms with Crippen molar-refractivity contribution in [3.05, 3.63) is 0 Å². The normalized spacial score (nSPS) is 31.8. The third-order valence-electron chi connectivity index (χ3n) is 3.62. The lowest BCUT2D eigenvalue weighted by atomic mass is 9.79. The maximum absolute atomic E-state index is 10.3. The van der Waals surface area contributed by atoms with Crippen LogP contribution in [-0.4, -0.2) is 23.8 Å². The van der Waals surface area contributed by atoms with Gasteiger partial charge < -0.3 is 10.4 Å². The average Bonchev–Trinajstić information content (AvgIpc) is 2.23. The molecule has 90 valence electrons. The molecule has 1 aliphatic carbocycles. The van der Waals surface area contributed by atoms with Crippen molar-refractivity contribution >= 4 is 0 Å². The fourth-order valence-electron chi connectivity index (χ4n) is 2.30. The standard InChI is InChI=1S/C13H27NO/c1-3-4-5-10-14-11-13(15)8-6-12(2)7-9-13/h12,14-15H,3-11H2,1-2H3. The number of unbranched alkanes of at least 4 members (excludes halogenated alkanes) is 2. The molecule has 1 saturated carbocycles. The van der Waals surface area contributed by atoms with E-state index in [9.17, 15) is 5.11 Å². The summed E-state index contributed by atoms with van der Waals surface area (Å²) in [5.41, 5.74) is -0.404. The van der Waals surface area contributed by atoms with Crippen LogP contribution in [0.25, 0.3) is 0 Å². The Hall–Kier alpha value is -0.0800. The summed E-state index contributed by atoms with van der Waals surface area (Å²) in [4.78, 5) is 0. The monoisotopic (exact) mass is 213 g/mol. The molecule has 2 N–H and O–H groups in total. The molecular formula is C13H27NO. The van der Waals surface area contributed by atoms with Crippen LogP contribution in [0.1, 0.15) is 58.8 Å². The highest BCUT2D eigenvalue weighted by Gasteiger charge is 2.30. The van der Waals surface area contributed by atoms with Crippen molar-refractivity contribution in [1.82, 2.24) is 5.32 Å². The van der Waals surface area contributed by atoms with Crippen LogP contribution in [0.4, 0.5) is 0 Å². The van der Waals surface area contributed by atoms with Gasteiger partial charge in [-0.2, -0.15) is 0 Å². The molecule has 2 heteroatoms. The first-order chi connectivity index (χ1) is 7.16. The Morgan fingerprint density at radius 1 is 1.27 bits per heavy atom. The molecule has 0 spiro atoms. The molecule has 1 fully saturated rings. The lowest BCUT2D eigenvalue weighted by molar-refractivity contribution is -0.00595. The highest BCUT2D eigenvalue weighted by atomic mass is 16.3. The van der Waals surface area contributed by atoms with E-state index in [0.29, 0.717) is 0 Å². The first kappa shape index (κ1) is 13.0. The first-order valence-electron chi connectivity index (χ1n) is 6.59. The number of rotatable bonds is 6. The lowest BCUT2D eigenvalue weighted by Gasteiger charge is -2.35. The van der Waals surface area contributed by atoms with Gasteiger partial charge in [0.05, 0.1) is 5.60 Å². The average molecular weight is 213 g/mol. The maximum atomic E-state index is 10.3. The van der Waals surface area contributed by atoms with Crippen LogP contribution in [0.5, 0.6) is 0 Å². The van der Waals surface area contributed by atoms with E-state index in [1.807, 2.05) is 0 Å². The second kappa shape index (κ2) is 6.49. The molecule has 0 aromatic carbocycles. The van der Waals surface area contributed by atoms with Gasteiger partial charge in [0.2, 0.25) is 0 Å². The Bertz CT molecular complexity index is 162. The minimum absolute atomic E-state index is 0.404. The van der Waals surface area contributed by atoms with Crippen LogP contribution >= 0.6 is 0 Å². The maximum Gasteiger partial charge on any atom is 0.0771 e. The molecular weight excluding hydrogens is 186 g/mol. The van der Waals surface area contributed by atoms with Gasteiger partial charge in [-0.3, -0.25) is 0 Å². The van der Waals surface area contributed by atoms with E-state index in [1.165, 1.54) is 32.1 Å². The number of aliphatic hydroxyl groups is 1. The summed E-state index contributed by atoms with van der Waals surface area (Å²) in [6, 6.07) is 0. The second-order valence-corrected chi connectivity index (χ2v) is 5.29. The van der Waals surface area contributed by atoms with Gasteiger partial charge in [-0.1, -0.05) is 26.7 Å². The first-order valence-corrected chi connectivity index (χ1v) is 6.59. The van der Waals surface area contributed by atoms with Crippen molar-refractivity contribution in [2.24, 2.45) is 5.92 Å². The molecule has 0 aromatic rings. The summed E-state index contributed by atoms with van der Waals surface area (Å²) in [6.07, 6.45) is 8.14. The lowest BCUT2D eigenvalue weighted by Crippen LogP contribution is -2.43. The fourth-order valence-corrected chi connectivity index (χ4v) is 2.30. The van der Waals surface area contributed by atoms with Crippen molar-refractivity contribution < 1.29 is 5.11 Å². The van der Waals surface area contributed by atoms with Crippen molar-refractivity contribution in [3.63, 3.8) is 0 Å². The number of hydrogen-bond donors (Lipinski definition) is 2. The summed E-state index contributed by atoms with van der Waals surface area (Å²) >= 11 is 0. The Labute approximate surface area is 94.5 Å². The van der Waals surface area contributed by atoms with E-state index in [2.05, 4.69) is 19.2 Å². The van der Waals surface area contributed by atoms with Gasteiger partial charge in [0.1, 0.15) is 0 Å². The summed E-state index contributed by atoms with van der Waals surface area (Å²) in [5, 5.41) is 13.7. The van der Waals surface area contributed by atoms with Gasteiger partial charge >= 0.3 is 0 Å². The third kappa shape index (κ3) is 4.98. The molecule has 0 heterocycles. The minimum Gasteiger partial charge on any atom is -0.389 e. The largest absolute Gasteiger partial charge is 0.389 e. The van der Waals surface area contributed by atoms with Gasteiger partial charge in [0, 0.05) is 6.54 Å². The van der Waals surface area contributed by atoms with E-state index < -0.39 is 5.60 Å². The highest BCUT2D eigenvalue weighted by Crippen LogP contribution is 2.31. The van der Waals surface area contributed by atoms with Gasteiger partial charge in [-0.15, -0.1) is 0 Å². The van der Waals surface area contributed by atoms with Gasteiger partial charge in [-0.05, 0) is 44.6 Å². The van der Waals surface area contributed by atoms with Gasteiger partial charge in [0.25, 0.3) is 0 Å². The molecule has 0 bridgehead atoms. The number of nitrogens with one attached hydrogen (secondary N) is 1. The van der Waals surface area contributed by atoms with E-state index in [1.54, 1.807) is 0 Å². The van der Waals surface area contributed by atoms with Crippen LogP contribution in [-0.2, 0) is 0 Å². The molecule has 1 rings (SSSR count). The summed E-state index contributed by atoms with van der Waals surface area (Å²) in [7, 11) is 0. The summed E-state index contributed by atoms with van der Waals surface area (Å²) in [6.45, 7) is 6.36. The summed E-state index contributed by atoms with van der Waals surface area (Å²) < 4.78 is 0. The molecule has 0 atom stereocenters. The Morgan fingerprint density at radius 3 is 2.53 bits per heavy atom. The molecule has 2 nitrogen and oxygen atoms in total. The van der Waals surface area contributed by atoms with Gasteiger partial charge in [-0.25, -0.2) is 0 Å². The Morgan fingerprint density at radius 2 is 1.93 bits per heavy atom. The van der Waals surface area contributed by atoms with Crippen LogP contribution < -0.4 is 5.32 Å². The molecule has 0 saturated heterocycles. The number of hydrogen-bond acceptors (Lipinski definition) is 2. The summed E-state index contributed by atoms with van der Waals surface area (Å²) in [5.74, 6) is 0.811. The quantitative estimate of drug-likeness (QED) is 0.665. The minimum atomic E-state index is -0.404. The second-order valence-electron chi connectivity index (χ2n) is 5.29. The Balaban J connectivity index is 2.08. The predicted octanol–water partition coefficient (Wildman–Crippen LogP) is 2.71. The van der Waals surface area contributed by atoms with Crippen molar-refractivity contribution in [2.75, 3.05) is 13.1 Å². The van der Waals surface area contributed by atoms with Crippen molar-refractivity contribution in [1.29, 1.82) is 0 Å². The van der Waals surface area contributed by atoms with E-state index in [-0.39, 0.29) is 0 Å². The highest BCUT2D eigenvalue weighted by molar-refractivity contribution is 4.86. The zero-order valence-corrected chi connectivity index (χ0v) is 10.4. The molecule has 15 heavy (non-hydrogen) atoms. The van der Waals surface area contributed by atoms with E-state index >= 15 is 0 Å². The van der Waals surface area contributed by atoms with Crippen molar-refractivity contribution in [3.8, 4) is 0 Å². The van der Waals surface area contributed by atoms with Crippen LogP contribution in [0.15, 0.2) is 0 Å². The molecule has 0 unspecified atom stereocenters. The van der Waals surface area contributed by atoms with E-state index in [4.69, 9.17) is 0 Å². The third-order valence-corrected chi connectivity index (χ3v) is 3.62. The molecule has 0 amide bonds. The zero-order valence-electron chi connectivity index (χ0n) is 10.4. The fraction of sp³-hybridized carbons (Fsp3) is 1.00. The molecule has 0 radical (unpaired) electrons. The zero-order chi connectivity index (χ0) is 11.1. The molecule has 0 aromatic heterocycles. The van der Waals surface area contributed by atoms with Gasteiger partial charge in [0.15, 0.2) is 0 Å². The molecule has 1 aliphatic rings. The topological polar surface area (TPSA) is 32.3 Å².